The minimum Gasteiger partial charge on any atom is -0.439 e. The van der Waals surface area contributed by atoms with Crippen LogP contribution in [0.1, 0.15) is 19.9 Å². The highest BCUT2D eigenvalue weighted by atomic mass is 32.2. The fraction of sp³-hybridized carbons (Fsp3) is 0.176. The largest absolute Gasteiger partial charge is 0.439 e. The molecule has 130 valence electrons. The molecule has 7 nitrogen and oxygen atoms in total. The van der Waals surface area contributed by atoms with Crippen molar-refractivity contribution < 1.29 is 13.2 Å². The van der Waals surface area contributed by atoms with Gasteiger partial charge in [0.1, 0.15) is 11.4 Å². The number of benzene rings is 1. The van der Waals surface area contributed by atoms with Gasteiger partial charge in [-0.05, 0) is 50.2 Å². The molecule has 2 aromatic heterocycles. The summed E-state index contributed by atoms with van der Waals surface area (Å²) in [5, 5.41) is 5.89. The van der Waals surface area contributed by atoms with Gasteiger partial charge in [-0.2, -0.15) is 4.98 Å². The molecule has 0 saturated carbocycles. The van der Waals surface area contributed by atoms with Gasteiger partial charge in [0, 0.05) is 23.6 Å². The lowest BCUT2D eigenvalue weighted by atomic mass is 10.2. The van der Waals surface area contributed by atoms with E-state index in [9.17, 15) is 13.2 Å². The maximum atomic E-state index is 12.1. The Labute approximate surface area is 144 Å². The highest BCUT2D eigenvalue weighted by Gasteiger charge is 2.11. The summed E-state index contributed by atoms with van der Waals surface area (Å²) in [4.78, 5) is 16.5. The SMILES string of the molecule is CC(C)n1c(=O)ccc2ccc(Oc3ccc(S(N)(=O)=O)cc3)nc21. The van der Waals surface area contributed by atoms with Crippen LogP contribution in [-0.2, 0) is 10.0 Å². The van der Waals surface area contributed by atoms with Crippen molar-refractivity contribution in [2.75, 3.05) is 0 Å². The number of aromatic nitrogens is 2. The van der Waals surface area contributed by atoms with E-state index in [4.69, 9.17) is 9.88 Å². The van der Waals surface area contributed by atoms with Crippen molar-refractivity contribution in [2.45, 2.75) is 24.8 Å². The molecule has 3 rings (SSSR count). The van der Waals surface area contributed by atoms with E-state index in [1.165, 1.54) is 30.3 Å². The fourth-order valence-corrected chi connectivity index (χ4v) is 3.00. The third-order valence-corrected chi connectivity index (χ3v) is 4.57. The van der Waals surface area contributed by atoms with Crippen molar-refractivity contribution in [3.8, 4) is 11.6 Å². The average Bonchev–Trinajstić information content (AvgIpc) is 2.54. The number of sulfonamides is 1. The normalized spacial score (nSPS) is 11.8. The predicted octanol–water partition coefficient (Wildman–Crippen LogP) is 2.42. The van der Waals surface area contributed by atoms with Crippen LogP contribution in [-0.4, -0.2) is 18.0 Å². The van der Waals surface area contributed by atoms with Crippen molar-refractivity contribution in [1.82, 2.24) is 9.55 Å². The second-order valence-electron chi connectivity index (χ2n) is 5.82. The lowest BCUT2D eigenvalue weighted by Crippen LogP contribution is -2.21. The van der Waals surface area contributed by atoms with Crippen molar-refractivity contribution in [3.63, 3.8) is 0 Å². The molecule has 3 aromatic rings. The number of primary sulfonamides is 1. The Balaban J connectivity index is 2.00. The second kappa shape index (κ2) is 6.30. The molecule has 0 unspecified atom stereocenters. The van der Waals surface area contributed by atoms with E-state index in [-0.39, 0.29) is 16.5 Å². The third kappa shape index (κ3) is 3.54. The van der Waals surface area contributed by atoms with Crippen molar-refractivity contribution in [2.24, 2.45) is 5.14 Å². The van der Waals surface area contributed by atoms with Crippen LogP contribution in [0.2, 0.25) is 0 Å². The minimum absolute atomic E-state index is 0.0000306. The second-order valence-corrected chi connectivity index (χ2v) is 7.38. The molecule has 0 radical (unpaired) electrons. The van der Waals surface area contributed by atoms with E-state index < -0.39 is 10.0 Å². The van der Waals surface area contributed by atoms with Crippen LogP contribution in [0.5, 0.6) is 11.6 Å². The molecule has 0 bridgehead atoms. The maximum absolute atomic E-state index is 12.1. The molecule has 0 fully saturated rings. The first-order valence-corrected chi connectivity index (χ1v) is 9.13. The van der Waals surface area contributed by atoms with Gasteiger partial charge in [0.25, 0.3) is 5.56 Å². The molecule has 0 atom stereocenters. The molecule has 2 heterocycles. The summed E-state index contributed by atoms with van der Waals surface area (Å²) < 4.78 is 29.8. The van der Waals surface area contributed by atoms with Crippen molar-refractivity contribution in [1.29, 1.82) is 0 Å². The van der Waals surface area contributed by atoms with Crippen LogP contribution in [0.25, 0.3) is 11.0 Å². The smallest absolute Gasteiger partial charge is 0.252 e. The van der Waals surface area contributed by atoms with E-state index >= 15 is 0 Å². The molecule has 0 saturated heterocycles. The lowest BCUT2D eigenvalue weighted by molar-refractivity contribution is 0.462. The first-order valence-electron chi connectivity index (χ1n) is 7.59. The van der Waals surface area contributed by atoms with Gasteiger partial charge in [0.2, 0.25) is 15.9 Å². The van der Waals surface area contributed by atoms with Gasteiger partial charge in [-0.1, -0.05) is 0 Å². The van der Waals surface area contributed by atoms with Gasteiger partial charge in [0.15, 0.2) is 0 Å². The summed E-state index contributed by atoms with van der Waals surface area (Å²) in [5.41, 5.74) is 0.394. The number of nitrogens with zero attached hydrogens (tertiary/aromatic N) is 2. The van der Waals surface area contributed by atoms with Gasteiger partial charge in [0.05, 0.1) is 4.90 Å². The first kappa shape index (κ1) is 17.1. The molecule has 0 aliphatic rings. The summed E-state index contributed by atoms with van der Waals surface area (Å²) in [6, 6.07) is 12.4. The number of hydrogen-bond acceptors (Lipinski definition) is 5. The average molecular weight is 359 g/mol. The monoisotopic (exact) mass is 359 g/mol. The molecule has 0 aliphatic heterocycles. The number of rotatable bonds is 4. The quantitative estimate of drug-likeness (QED) is 0.770. The molecular formula is C17H17N3O4S. The van der Waals surface area contributed by atoms with Crippen LogP contribution in [0.15, 0.2) is 58.2 Å². The summed E-state index contributed by atoms with van der Waals surface area (Å²) in [6.45, 7) is 3.81. The number of hydrogen-bond donors (Lipinski definition) is 1. The highest BCUT2D eigenvalue weighted by molar-refractivity contribution is 7.89. The molecule has 25 heavy (non-hydrogen) atoms. The van der Waals surface area contributed by atoms with Gasteiger partial charge in [-0.15, -0.1) is 0 Å². The lowest BCUT2D eigenvalue weighted by Gasteiger charge is -2.13. The molecule has 1 aromatic carbocycles. The van der Waals surface area contributed by atoms with Crippen molar-refractivity contribution >= 4 is 21.1 Å². The number of fused-ring (bicyclic) bond motifs is 1. The van der Waals surface area contributed by atoms with E-state index in [1.807, 2.05) is 19.9 Å². The maximum Gasteiger partial charge on any atom is 0.252 e. The fourth-order valence-electron chi connectivity index (χ4n) is 2.48. The molecular weight excluding hydrogens is 342 g/mol. The Morgan fingerprint density at radius 1 is 1.04 bits per heavy atom. The Bertz CT molecular complexity index is 1090. The van der Waals surface area contributed by atoms with Gasteiger partial charge >= 0.3 is 0 Å². The molecule has 8 heteroatoms. The predicted molar refractivity (Wildman–Crippen MR) is 94.3 cm³/mol. The molecule has 2 N–H and O–H groups in total. The van der Waals surface area contributed by atoms with Crippen LogP contribution < -0.4 is 15.4 Å². The van der Waals surface area contributed by atoms with E-state index in [1.54, 1.807) is 16.7 Å². The van der Waals surface area contributed by atoms with Gasteiger partial charge in [-0.25, -0.2) is 13.6 Å². The highest BCUT2D eigenvalue weighted by Crippen LogP contribution is 2.24. The molecule has 0 amide bonds. The van der Waals surface area contributed by atoms with E-state index in [0.29, 0.717) is 17.3 Å². The zero-order valence-corrected chi connectivity index (χ0v) is 14.5. The third-order valence-electron chi connectivity index (χ3n) is 3.64. The van der Waals surface area contributed by atoms with Crippen LogP contribution in [0.4, 0.5) is 0 Å². The topological polar surface area (TPSA) is 104 Å². The van der Waals surface area contributed by atoms with Gasteiger partial charge < -0.3 is 4.74 Å². The van der Waals surface area contributed by atoms with Crippen LogP contribution in [0, 0.1) is 0 Å². The first-order chi connectivity index (χ1) is 11.8. The Hall–Kier alpha value is -2.71. The van der Waals surface area contributed by atoms with Gasteiger partial charge in [-0.3, -0.25) is 9.36 Å². The standard InChI is InChI=1S/C17H17N3O4S/c1-11(2)20-16(21)10-4-12-3-9-15(19-17(12)20)24-13-5-7-14(8-6-13)25(18,22)23/h3-11H,1-2H3,(H2,18,22,23). The summed E-state index contributed by atoms with van der Waals surface area (Å²) in [5.74, 6) is 0.712. The van der Waals surface area contributed by atoms with Crippen LogP contribution in [0.3, 0.4) is 0 Å². The van der Waals surface area contributed by atoms with Crippen LogP contribution >= 0.6 is 0 Å². The zero-order valence-electron chi connectivity index (χ0n) is 13.7. The summed E-state index contributed by atoms with van der Waals surface area (Å²) in [6.07, 6.45) is 0. The van der Waals surface area contributed by atoms with E-state index in [0.717, 1.165) is 5.39 Å². The number of ether oxygens (including phenoxy) is 1. The minimum atomic E-state index is -3.75. The summed E-state index contributed by atoms with van der Waals surface area (Å²) >= 11 is 0. The Morgan fingerprint density at radius 3 is 2.28 bits per heavy atom. The van der Waals surface area contributed by atoms with Crippen molar-refractivity contribution in [3.05, 3.63) is 58.9 Å². The zero-order chi connectivity index (χ0) is 18.2. The Kier molecular flexibility index (Phi) is 4.32. The number of nitrogens with two attached hydrogens (primary N) is 1. The molecule has 0 spiro atoms. The molecule has 0 aliphatic carbocycles. The summed E-state index contributed by atoms with van der Waals surface area (Å²) in [7, 11) is -3.75. The van der Waals surface area contributed by atoms with E-state index in [2.05, 4.69) is 4.98 Å². The number of pyridine rings is 2. The Morgan fingerprint density at radius 2 is 1.68 bits per heavy atom.